The molecule has 2 aliphatic rings. The van der Waals surface area contributed by atoms with Gasteiger partial charge in [0.2, 0.25) is 11.8 Å². The van der Waals surface area contributed by atoms with Crippen LogP contribution in [0.4, 0.5) is 0 Å². The van der Waals surface area contributed by atoms with Crippen molar-refractivity contribution in [2.24, 2.45) is 0 Å². The van der Waals surface area contributed by atoms with Crippen molar-refractivity contribution < 1.29 is 19.1 Å². The minimum absolute atomic E-state index is 0.0119. The lowest BCUT2D eigenvalue weighted by atomic mass is 9.85. The highest BCUT2D eigenvalue weighted by Gasteiger charge is 2.40. The Bertz CT molecular complexity index is 619. The SMILES string of the molecule is COCCOCC(=O)N1CC(=O)N2CC(C)c3ccccc3C2C1. The van der Waals surface area contributed by atoms with Gasteiger partial charge in [-0.15, -0.1) is 0 Å². The summed E-state index contributed by atoms with van der Waals surface area (Å²) in [4.78, 5) is 28.4. The van der Waals surface area contributed by atoms with Crippen LogP contribution in [-0.2, 0) is 19.1 Å². The molecule has 2 heterocycles. The fourth-order valence-electron chi connectivity index (χ4n) is 3.53. The monoisotopic (exact) mass is 332 g/mol. The van der Waals surface area contributed by atoms with Crippen LogP contribution in [0.25, 0.3) is 0 Å². The first-order chi connectivity index (χ1) is 11.6. The Balaban J connectivity index is 1.72. The minimum Gasteiger partial charge on any atom is -0.382 e. The van der Waals surface area contributed by atoms with Crippen LogP contribution in [0.15, 0.2) is 24.3 Å². The minimum atomic E-state index is -0.143. The Morgan fingerprint density at radius 3 is 2.71 bits per heavy atom. The summed E-state index contributed by atoms with van der Waals surface area (Å²) in [5, 5.41) is 0. The van der Waals surface area contributed by atoms with Crippen molar-refractivity contribution in [2.75, 3.05) is 46.6 Å². The Morgan fingerprint density at radius 2 is 1.96 bits per heavy atom. The van der Waals surface area contributed by atoms with Crippen LogP contribution in [-0.4, -0.2) is 68.2 Å². The normalized spacial score (nSPS) is 23.0. The maximum absolute atomic E-state index is 12.5. The molecule has 0 aliphatic carbocycles. The average molecular weight is 332 g/mol. The Kier molecular flexibility index (Phi) is 5.16. The number of hydrogen-bond donors (Lipinski definition) is 0. The van der Waals surface area contributed by atoms with Crippen LogP contribution in [0.1, 0.15) is 30.0 Å². The molecule has 3 rings (SSSR count). The van der Waals surface area contributed by atoms with E-state index >= 15 is 0 Å². The Morgan fingerprint density at radius 1 is 1.21 bits per heavy atom. The second-order valence-electron chi connectivity index (χ2n) is 6.41. The van der Waals surface area contributed by atoms with E-state index in [9.17, 15) is 9.59 Å². The van der Waals surface area contributed by atoms with Crippen molar-refractivity contribution in [3.8, 4) is 0 Å². The predicted molar refractivity (Wildman–Crippen MR) is 88.6 cm³/mol. The van der Waals surface area contributed by atoms with Crippen LogP contribution in [0.3, 0.4) is 0 Å². The van der Waals surface area contributed by atoms with E-state index in [1.807, 2.05) is 17.0 Å². The van der Waals surface area contributed by atoms with Gasteiger partial charge in [0, 0.05) is 20.2 Å². The highest BCUT2D eigenvalue weighted by molar-refractivity contribution is 5.87. The largest absolute Gasteiger partial charge is 0.382 e. The second kappa shape index (κ2) is 7.32. The van der Waals surface area contributed by atoms with E-state index in [2.05, 4.69) is 19.1 Å². The molecule has 6 nitrogen and oxygen atoms in total. The number of ether oxygens (including phenoxy) is 2. The predicted octanol–water partition coefficient (Wildman–Crippen LogP) is 1.18. The number of nitrogens with zero attached hydrogens (tertiary/aromatic N) is 2. The van der Waals surface area contributed by atoms with Crippen LogP contribution in [0, 0.1) is 0 Å². The van der Waals surface area contributed by atoms with Crippen molar-refractivity contribution in [2.45, 2.75) is 18.9 Å². The first-order valence-electron chi connectivity index (χ1n) is 8.34. The molecule has 2 atom stereocenters. The van der Waals surface area contributed by atoms with E-state index in [4.69, 9.17) is 9.47 Å². The summed E-state index contributed by atoms with van der Waals surface area (Å²) in [6.07, 6.45) is 0. The van der Waals surface area contributed by atoms with Gasteiger partial charge in [0.1, 0.15) is 6.61 Å². The zero-order valence-electron chi connectivity index (χ0n) is 14.2. The molecule has 1 fully saturated rings. The number of benzene rings is 1. The third-order valence-electron chi connectivity index (χ3n) is 4.78. The van der Waals surface area contributed by atoms with Gasteiger partial charge in [0.25, 0.3) is 0 Å². The number of piperazine rings is 1. The summed E-state index contributed by atoms with van der Waals surface area (Å²) in [5.41, 5.74) is 2.43. The van der Waals surface area contributed by atoms with E-state index in [-0.39, 0.29) is 31.0 Å². The van der Waals surface area contributed by atoms with E-state index in [1.165, 1.54) is 5.56 Å². The number of methoxy groups -OCH3 is 1. The van der Waals surface area contributed by atoms with Crippen molar-refractivity contribution in [1.29, 1.82) is 0 Å². The van der Waals surface area contributed by atoms with Crippen molar-refractivity contribution in [3.05, 3.63) is 35.4 Å². The molecule has 1 aromatic rings. The first-order valence-corrected chi connectivity index (χ1v) is 8.34. The lowest BCUT2D eigenvalue weighted by Crippen LogP contribution is -2.56. The summed E-state index contributed by atoms with van der Waals surface area (Å²) in [6.45, 7) is 4.34. The van der Waals surface area contributed by atoms with E-state index in [0.29, 0.717) is 32.2 Å². The fraction of sp³-hybridized carbons (Fsp3) is 0.556. The number of carbonyl (C=O) groups is 2. The van der Waals surface area contributed by atoms with Crippen molar-refractivity contribution in [1.82, 2.24) is 9.80 Å². The molecule has 0 bridgehead atoms. The molecule has 130 valence electrons. The number of hydrogen-bond acceptors (Lipinski definition) is 4. The average Bonchev–Trinajstić information content (AvgIpc) is 2.59. The lowest BCUT2D eigenvalue weighted by molar-refractivity contribution is -0.152. The van der Waals surface area contributed by atoms with Gasteiger partial charge in [-0.3, -0.25) is 9.59 Å². The molecule has 2 amide bonds. The molecule has 1 aromatic carbocycles. The zero-order valence-corrected chi connectivity index (χ0v) is 14.2. The van der Waals surface area contributed by atoms with Gasteiger partial charge in [-0.2, -0.15) is 0 Å². The third kappa shape index (κ3) is 3.30. The molecule has 2 unspecified atom stereocenters. The van der Waals surface area contributed by atoms with Crippen LogP contribution >= 0.6 is 0 Å². The number of amides is 2. The topological polar surface area (TPSA) is 59.1 Å². The van der Waals surface area contributed by atoms with Gasteiger partial charge in [-0.1, -0.05) is 31.2 Å². The standard InChI is InChI=1S/C18H24N2O4/c1-13-9-20-16(15-6-4-3-5-14(13)15)10-19(11-17(20)21)18(22)12-24-8-7-23-2/h3-6,13,16H,7-12H2,1-2H3. The number of rotatable bonds is 5. The summed E-state index contributed by atoms with van der Waals surface area (Å²) in [6, 6.07) is 8.16. The Hall–Kier alpha value is -1.92. The molecule has 2 aliphatic heterocycles. The Labute approximate surface area is 142 Å². The molecular formula is C18H24N2O4. The van der Waals surface area contributed by atoms with E-state index < -0.39 is 0 Å². The molecule has 0 radical (unpaired) electrons. The summed E-state index contributed by atoms with van der Waals surface area (Å²) < 4.78 is 10.2. The summed E-state index contributed by atoms with van der Waals surface area (Å²) in [5.74, 6) is 0.189. The van der Waals surface area contributed by atoms with Crippen LogP contribution in [0.2, 0.25) is 0 Å². The lowest BCUT2D eigenvalue weighted by Gasteiger charge is -2.46. The smallest absolute Gasteiger partial charge is 0.249 e. The molecule has 0 aromatic heterocycles. The second-order valence-corrected chi connectivity index (χ2v) is 6.41. The van der Waals surface area contributed by atoms with E-state index in [1.54, 1.807) is 12.0 Å². The maximum atomic E-state index is 12.5. The highest BCUT2D eigenvalue weighted by atomic mass is 16.5. The molecular weight excluding hydrogens is 308 g/mol. The molecule has 0 spiro atoms. The summed E-state index contributed by atoms with van der Waals surface area (Å²) >= 11 is 0. The molecule has 6 heteroatoms. The summed E-state index contributed by atoms with van der Waals surface area (Å²) in [7, 11) is 1.59. The van der Waals surface area contributed by atoms with Gasteiger partial charge in [0.15, 0.2) is 0 Å². The van der Waals surface area contributed by atoms with E-state index in [0.717, 1.165) is 5.56 Å². The molecule has 0 N–H and O–H groups in total. The number of fused-ring (bicyclic) bond motifs is 3. The number of carbonyl (C=O) groups excluding carboxylic acids is 2. The van der Waals surface area contributed by atoms with Gasteiger partial charge in [-0.05, 0) is 17.0 Å². The highest BCUT2D eigenvalue weighted by Crippen LogP contribution is 2.37. The molecule has 1 saturated heterocycles. The van der Waals surface area contributed by atoms with Gasteiger partial charge in [-0.25, -0.2) is 0 Å². The fourth-order valence-corrected chi connectivity index (χ4v) is 3.53. The maximum Gasteiger partial charge on any atom is 0.249 e. The van der Waals surface area contributed by atoms with Crippen molar-refractivity contribution >= 4 is 11.8 Å². The third-order valence-corrected chi connectivity index (χ3v) is 4.78. The first kappa shape index (κ1) is 16.9. The quantitative estimate of drug-likeness (QED) is 0.760. The zero-order chi connectivity index (χ0) is 17.1. The molecule has 0 saturated carbocycles. The van der Waals surface area contributed by atoms with Gasteiger partial charge < -0.3 is 19.3 Å². The molecule has 24 heavy (non-hydrogen) atoms. The van der Waals surface area contributed by atoms with Crippen molar-refractivity contribution in [3.63, 3.8) is 0 Å². The van der Waals surface area contributed by atoms with Gasteiger partial charge >= 0.3 is 0 Å². The van der Waals surface area contributed by atoms with Crippen LogP contribution < -0.4 is 0 Å². The van der Waals surface area contributed by atoms with Gasteiger partial charge in [0.05, 0.1) is 25.8 Å². The van der Waals surface area contributed by atoms with Crippen LogP contribution in [0.5, 0.6) is 0 Å².